The summed E-state index contributed by atoms with van der Waals surface area (Å²) in [6.45, 7) is 0.476. The number of nitrogens with one attached hydrogen (secondary N) is 1. The van der Waals surface area contributed by atoms with Gasteiger partial charge in [0, 0.05) is 30.5 Å². The second-order valence-corrected chi connectivity index (χ2v) is 8.47. The Kier molecular flexibility index (Phi) is 5.62. The Balaban J connectivity index is 1.41. The van der Waals surface area contributed by atoms with Crippen molar-refractivity contribution in [2.75, 3.05) is 11.9 Å². The molecule has 3 atom stereocenters. The highest BCUT2D eigenvalue weighted by molar-refractivity contribution is 6.00. The van der Waals surface area contributed by atoms with Crippen LogP contribution in [0, 0.1) is 11.7 Å². The molecule has 34 heavy (non-hydrogen) atoms. The van der Waals surface area contributed by atoms with E-state index in [0.717, 1.165) is 19.0 Å². The van der Waals surface area contributed by atoms with Gasteiger partial charge in [-0.25, -0.2) is 24.3 Å². The molecule has 0 unspecified atom stereocenters. The third-order valence-electron chi connectivity index (χ3n) is 6.35. The summed E-state index contributed by atoms with van der Waals surface area (Å²) in [5, 5.41) is 3.13. The smallest absolute Gasteiger partial charge is 0.364 e. The molecule has 2 bridgehead atoms. The van der Waals surface area contributed by atoms with Crippen LogP contribution in [0.3, 0.4) is 0 Å². The number of benzene rings is 1. The van der Waals surface area contributed by atoms with Crippen LogP contribution in [-0.4, -0.2) is 49.4 Å². The Labute approximate surface area is 192 Å². The molecule has 1 aliphatic carbocycles. The van der Waals surface area contributed by atoms with E-state index in [9.17, 15) is 22.4 Å². The number of fused-ring (bicyclic) bond motifs is 3. The monoisotopic (exact) mass is 472 g/mol. The first-order valence-corrected chi connectivity index (χ1v) is 10.8. The second-order valence-electron chi connectivity index (χ2n) is 8.47. The first kappa shape index (κ1) is 22.2. The van der Waals surface area contributed by atoms with Crippen molar-refractivity contribution in [1.82, 2.24) is 24.8 Å². The van der Waals surface area contributed by atoms with Crippen molar-refractivity contribution in [2.45, 2.75) is 37.5 Å². The minimum absolute atomic E-state index is 0.0886. The SMILES string of the molecule is O=C(c1c(F)cccc1-c1ncccn1)N1C[C@H]2CC[C@H]1[C@H](Nc1cnc(C(F)(F)F)cn1)C2. The van der Waals surface area contributed by atoms with Crippen molar-refractivity contribution in [1.29, 1.82) is 0 Å². The van der Waals surface area contributed by atoms with Crippen LogP contribution in [0.2, 0.25) is 0 Å². The van der Waals surface area contributed by atoms with Crippen molar-refractivity contribution >= 4 is 11.7 Å². The van der Waals surface area contributed by atoms with Gasteiger partial charge in [0.2, 0.25) is 0 Å². The quantitative estimate of drug-likeness (QED) is 0.573. The van der Waals surface area contributed by atoms with E-state index in [1.165, 1.54) is 24.5 Å². The number of rotatable bonds is 4. The largest absolute Gasteiger partial charge is 0.434 e. The van der Waals surface area contributed by atoms with E-state index in [1.807, 2.05) is 0 Å². The summed E-state index contributed by atoms with van der Waals surface area (Å²) in [7, 11) is 0. The van der Waals surface area contributed by atoms with Crippen molar-refractivity contribution in [3.8, 4) is 11.4 Å². The number of amides is 1. The molecule has 1 N–H and O–H groups in total. The molecule has 7 nitrogen and oxygen atoms in total. The lowest BCUT2D eigenvalue weighted by Gasteiger charge is -2.50. The molecule has 0 spiro atoms. The number of hydrogen-bond donors (Lipinski definition) is 1. The average molecular weight is 472 g/mol. The molecule has 1 aromatic carbocycles. The molecule has 11 heteroatoms. The molecule has 4 heterocycles. The topological polar surface area (TPSA) is 83.9 Å². The summed E-state index contributed by atoms with van der Waals surface area (Å²) in [4.78, 5) is 30.9. The van der Waals surface area contributed by atoms with E-state index in [1.54, 1.807) is 17.0 Å². The van der Waals surface area contributed by atoms with E-state index < -0.39 is 23.6 Å². The first-order chi connectivity index (χ1) is 16.3. The highest BCUT2D eigenvalue weighted by Gasteiger charge is 2.44. The number of nitrogens with zero attached hydrogens (tertiary/aromatic N) is 5. The first-order valence-electron chi connectivity index (χ1n) is 10.8. The number of carbonyl (C=O) groups excluding carboxylic acids is 1. The molecule has 1 saturated carbocycles. The van der Waals surface area contributed by atoms with E-state index >= 15 is 0 Å². The van der Waals surface area contributed by atoms with Gasteiger partial charge >= 0.3 is 6.18 Å². The molecule has 2 aliphatic heterocycles. The van der Waals surface area contributed by atoms with Crippen LogP contribution in [0.25, 0.3) is 11.4 Å². The number of hydrogen-bond acceptors (Lipinski definition) is 6. The maximum Gasteiger partial charge on any atom is 0.434 e. The summed E-state index contributed by atoms with van der Waals surface area (Å²) < 4.78 is 53.3. The molecule has 0 radical (unpaired) electrons. The lowest BCUT2D eigenvalue weighted by atomic mass is 9.76. The zero-order valence-electron chi connectivity index (χ0n) is 17.8. The molecule has 6 rings (SSSR count). The fraction of sp³-hybridized carbons (Fsp3) is 0.348. The highest BCUT2D eigenvalue weighted by Crippen LogP contribution is 2.38. The molecule has 3 aliphatic rings. The molecule has 3 fully saturated rings. The van der Waals surface area contributed by atoms with E-state index in [4.69, 9.17) is 0 Å². The van der Waals surface area contributed by atoms with Gasteiger partial charge < -0.3 is 10.2 Å². The minimum Gasteiger partial charge on any atom is -0.364 e. The normalized spacial score (nSPS) is 22.0. The van der Waals surface area contributed by atoms with Crippen LogP contribution < -0.4 is 5.32 Å². The summed E-state index contributed by atoms with van der Waals surface area (Å²) in [6.07, 6.45) is 2.52. The van der Waals surface area contributed by atoms with Gasteiger partial charge in [-0.15, -0.1) is 0 Å². The van der Waals surface area contributed by atoms with Crippen molar-refractivity contribution in [2.24, 2.45) is 5.92 Å². The standard InChI is InChI=1S/C23H20F4N6O/c24-15-4-1-3-14(21-28-7-2-8-29-21)20(15)22(34)33-12-13-5-6-17(33)16(9-13)32-19-11-30-18(10-31-19)23(25,26)27/h1-4,7-8,10-11,13,16-17H,5-6,9,12H2,(H,31,32)/t13-,16+,17-/m0/s1. The van der Waals surface area contributed by atoms with E-state index in [0.29, 0.717) is 24.7 Å². The van der Waals surface area contributed by atoms with Gasteiger partial charge in [0.1, 0.15) is 11.6 Å². The van der Waals surface area contributed by atoms with Gasteiger partial charge in [-0.1, -0.05) is 12.1 Å². The Morgan fingerprint density at radius 1 is 1.03 bits per heavy atom. The van der Waals surface area contributed by atoms with Crippen LogP contribution in [0.1, 0.15) is 35.3 Å². The van der Waals surface area contributed by atoms with Crippen LogP contribution in [0.5, 0.6) is 0 Å². The summed E-state index contributed by atoms with van der Waals surface area (Å²) in [5.41, 5.74) is -0.852. The number of piperidine rings is 2. The van der Waals surface area contributed by atoms with Crippen molar-refractivity contribution < 1.29 is 22.4 Å². The lowest BCUT2D eigenvalue weighted by Crippen LogP contribution is -2.60. The molecule has 3 aromatic rings. The number of halogens is 4. The highest BCUT2D eigenvalue weighted by atomic mass is 19.4. The molecule has 1 amide bonds. The molecular formula is C23H20F4N6O. The summed E-state index contributed by atoms with van der Waals surface area (Å²) in [5.74, 6) is -0.490. The second kappa shape index (κ2) is 8.62. The Morgan fingerprint density at radius 2 is 1.82 bits per heavy atom. The molecule has 2 aromatic heterocycles. The van der Waals surface area contributed by atoms with E-state index in [-0.39, 0.29) is 35.2 Å². The Hall–Kier alpha value is -3.63. The zero-order valence-corrected chi connectivity index (χ0v) is 17.8. The maximum atomic E-state index is 14.9. The van der Waals surface area contributed by atoms with Crippen LogP contribution in [0.4, 0.5) is 23.4 Å². The van der Waals surface area contributed by atoms with Gasteiger partial charge in [-0.3, -0.25) is 4.79 Å². The summed E-state index contributed by atoms with van der Waals surface area (Å²) >= 11 is 0. The van der Waals surface area contributed by atoms with Gasteiger partial charge in [0.25, 0.3) is 5.91 Å². The van der Waals surface area contributed by atoms with Crippen LogP contribution in [-0.2, 0) is 6.18 Å². The average Bonchev–Trinajstić information content (AvgIpc) is 2.84. The van der Waals surface area contributed by atoms with Crippen molar-refractivity contribution in [3.63, 3.8) is 0 Å². The molecule has 176 valence electrons. The van der Waals surface area contributed by atoms with Crippen LogP contribution in [0.15, 0.2) is 49.1 Å². The number of carbonyl (C=O) groups is 1. The molecule has 2 saturated heterocycles. The predicted molar refractivity (Wildman–Crippen MR) is 114 cm³/mol. The Bertz CT molecular complexity index is 1190. The van der Waals surface area contributed by atoms with Gasteiger partial charge in [-0.05, 0) is 37.3 Å². The van der Waals surface area contributed by atoms with Crippen molar-refractivity contribution in [3.05, 3.63) is 66.1 Å². The van der Waals surface area contributed by atoms with Gasteiger partial charge in [-0.2, -0.15) is 13.2 Å². The number of aromatic nitrogens is 4. The zero-order chi connectivity index (χ0) is 23.9. The van der Waals surface area contributed by atoms with Gasteiger partial charge in [0.05, 0.1) is 24.0 Å². The fourth-order valence-corrected chi connectivity index (χ4v) is 4.83. The number of alkyl halides is 3. The molecular weight excluding hydrogens is 452 g/mol. The fourth-order valence-electron chi connectivity index (χ4n) is 4.83. The summed E-state index contributed by atoms with van der Waals surface area (Å²) in [6, 6.07) is 5.47. The predicted octanol–water partition coefficient (Wildman–Crippen LogP) is 4.20. The maximum absolute atomic E-state index is 14.9. The number of anilines is 1. The van der Waals surface area contributed by atoms with Gasteiger partial charge in [0.15, 0.2) is 11.5 Å². The lowest BCUT2D eigenvalue weighted by molar-refractivity contribution is -0.141. The minimum atomic E-state index is -4.57. The third-order valence-corrected chi connectivity index (χ3v) is 6.35. The van der Waals surface area contributed by atoms with Crippen LogP contribution >= 0.6 is 0 Å². The Morgan fingerprint density at radius 3 is 2.50 bits per heavy atom. The third kappa shape index (κ3) is 4.17. The van der Waals surface area contributed by atoms with E-state index in [2.05, 4.69) is 25.3 Å².